The van der Waals surface area contributed by atoms with Crippen molar-refractivity contribution >= 4 is 0 Å². The van der Waals surface area contributed by atoms with Gasteiger partial charge in [-0.1, -0.05) is 24.3 Å². The van der Waals surface area contributed by atoms with E-state index in [0.717, 1.165) is 0 Å². The molecule has 0 saturated heterocycles. The summed E-state index contributed by atoms with van der Waals surface area (Å²) < 4.78 is 0. The van der Waals surface area contributed by atoms with Crippen LogP contribution in [0.25, 0.3) is 0 Å². The summed E-state index contributed by atoms with van der Waals surface area (Å²) in [5, 5.41) is 36.5. The molecule has 0 bridgehead atoms. The van der Waals surface area contributed by atoms with E-state index in [1.807, 2.05) is 0 Å². The fraction of sp³-hybridized carbons (Fsp3) is 0.500. The third kappa shape index (κ3) is 3.57. The first-order valence-corrected chi connectivity index (χ1v) is 5.36. The number of rotatable bonds is 6. The highest BCUT2D eigenvalue weighted by Gasteiger charge is 2.09. The smallest absolute Gasteiger partial charge is 0.0811 e. The topological polar surface area (TPSA) is 80.9 Å². The quantitative estimate of drug-likeness (QED) is 0.570. The highest BCUT2D eigenvalue weighted by atomic mass is 16.3. The minimum absolute atomic E-state index is 0.0595. The van der Waals surface area contributed by atoms with Crippen molar-refractivity contribution in [2.75, 3.05) is 13.2 Å². The molecule has 1 aromatic carbocycles. The molecule has 0 aliphatic carbocycles. The third-order valence-electron chi connectivity index (χ3n) is 2.51. The van der Waals surface area contributed by atoms with Crippen molar-refractivity contribution in [2.45, 2.75) is 25.0 Å². The lowest BCUT2D eigenvalue weighted by Gasteiger charge is -2.12. The van der Waals surface area contributed by atoms with Crippen LogP contribution in [0.2, 0.25) is 0 Å². The lowest BCUT2D eigenvalue weighted by atomic mass is 10.0. The molecule has 0 saturated carbocycles. The molecule has 0 aromatic heterocycles. The summed E-state index contributed by atoms with van der Waals surface area (Å²) in [7, 11) is 0. The Morgan fingerprint density at radius 3 is 1.31 bits per heavy atom. The van der Waals surface area contributed by atoms with E-state index < -0.39 is 12.2 Å². The molecule has 0 aliphatic heterocycles. The van der Waals surface area contributed by atoms with Crippen LogP contribution in [0.4, 0.5) is 0 Å². The summed E-state index contributed by atoms with van der Waals surface area (Å²) in [5.41, 5.74) is 1.43. The molecule has 0 radical (unpaired) electrons. The van der Waals surface area contributed by atoms with Gasteiger partial charge in [-0.15, -0.1) is 0 Å². The molecule has 0 heterocycles. The molecule has 4 N–H and O–H groups in total. The number of hydrogen-bond acceptors (Lipinski definition) is 4. The minimum atomic E-state index is -0.672. The molecule has 16 heavy (non-hydrogen) atoms. The second-order valence-electron chi connectivity index (χ2n) is 3.72. The number of hydrogen-bond donors (Lipinski definition) is 4. The van der Waals surface area contributed by atoms with Crippen LogP contribution >= 0.6 is 0 Å². The van der Waals surface area contributed by atoms with Gasteiger partial charge in [0.15, 0.2) is 0 Å². The lowest BCUT2D eigenvalue weighted by molar-refractivity contribution is 0.131. The zero-order chi connectivity index (χ0) is 12.0. The van der Waals surface area contributed by atoms with Crippen molar-refractivity contribution in [3.8, 4) is 0 Å². The Morgan fingerprint density at radius 2 is 1.06 bits per heavy atom. The van der Waals surface area contributed by atoms with Gasteiger partial charge in [-0.2, -0.15) is 0 Å². The van der Waals surface area contributed by atoms with Gasteiger partial charge in [0, 0.05) is 26.1 Å². The molecular weight excluding hydrogens is 208 g/mol. The summed E-state index contributed by atoms with van der Waals surface area (Å²) in [6.45, 7) is -0.119. The first kappa shape index (κ1) is 13.1. The molecule has 4 heteroatoms. The largest absolute Gasteiger partial charge is 0.396 e. The van der Waals surface area contributed by atoms with E-state index in [-0.39, 0.29) is 13.2 Å². The maximum Gasteiger partial charge on any atom is 0.0811 e. The summed E-state index contributed by atoms with van der Waals surface area (Å²) in [6, 6.07) is 6.87. The van der Waals surface area contributed by atoms with E-state index in [9.17, 15) is 10.2 Å². The Labute approximate surface area is 94.8 Å². The number of aliphatic hydroxyl groups excluding tert-OH is 4. The molecule has 0 fully saturated rings. The van der Waals surface area contributed by atoms with E-state index in [4.69, 9.17) is 10.2 Å². The predicted molar refractivity (Wildman–Crippen MR) is 59.8 cm³/mol. The van der Waals surface area contributed by atoms with Gasteiger partial charge in [0.25, 0.3) is 0 Å². The third-order valence-corrected chi connectivity index (χ3v) is 2.51. The Hall–Kier alpha value is -0.940. The van der Waals surface area contributed by atoms with Crippen molar-refractivity contribution in [1.82, 2.24) is 0 Å². The molecule has 0 spiro atoms. The second-order valence-corrected chi connectivity index (χ2v) is 3.72. The van der Waals surface area contributed by atoms with Crippen LogP contribution < -0.4 is 0 Å². The van der Waals surface area contributed by atoms with Crippen molar-refractivity contribution in [3.05, 3.63) is 35.4 Å². The van der Waals surface area contributed by atoms with Gasteiger partial charge in [-0.25, -0.2) is 0 Å². The highest BCUT2D eigenvalue weighted by Crippen LogP contribution is 2.21. The molecule has 4 nitrogen and oxygen atoms in total. The lowest BCUT2D eigenvalue weighted by Crippen LogP contribution is -2.03. The van der Waals surface area contributed by atoms with Gasteiger partial charge < -0.3 is 20.4 Å². The Balaban J connectivity index is 2.67. The van der Waals surface area contributed by atoms with E-state index in [1.165, 1.54) is 0 Å². The van der Waals surface area contributed by atoms with Gasteiger partial charge in [0.05, 0.1) is 12.2 Å². The first-order chi connectivity index (χ1) is 7.69. The van der Waals surface area contributed by atoms with Gasteiger partial charge in [0.2, 0.25) is 0 Å². The molecular formula is C12H18O4. The van der Waals surface area contributed by atoms with Crippen LogP contribution in [0.15, 0.2) is 24.3 Å². The van der Waals surface area contributed by atoms with Crippen molar-refractivity contribution in [3.63, 3.8) is 0 Å². The standard InChI is InChI=1S/C12H18O4/c13-7-5-11(15)9-1-2-10(4-3-9)12(16)6-8-14/h1-4,11-16H,5-8H2. The van der Waals surface area contributed by atoms with Crippen LogP contribution in [0.3, 0.4) is 0 Å². The van der Waals surface area contributed by atoms with Crippen molar-refractivity contribution in [2.24, 2.45) is 0 Å². The fourth-order valence-electron chi connectivity index (χ4n) is 1.52. The Morgan fingerprint density at radius 1 is 0.750 bits per heavy atom. The van der Waals surface area contributed by atoms with Gasteiger partial charge in [-0.3, -0.25) is 0 Å². The van der Waals surface area contributed by atoms with E-state index in [1.54, 1.807) is 24.3 Å². The summed E-state index contributed by atoms with van der Waals surface area (Å²) in [4.78, 5) is 0. The summed E-state index contributed by atoms with van der Waals surface area (Å²) in [6.07, 6.45) is -0.736. The fourth-order valence-corrected chi connectivity index (χ4v) is 1.52. The van der Waals surface area contributed by atoms with Gasteiger partial charge in [0.1, 0.15) is 0 Å². The SMILES string of the molecule is OCCC(O)c1ccc(C(O)CCO)cc1. The van der Waals surface area contributed by atoms with Crippen molar-refractivity contribution < 1.29 is 20.4 Å². The van der Waals surface area contributed by atoms with E-state index in [0.29, 0.717) is 24.0 Å². The highest BCUT2D eigenvalue weighted by molar-refractivity contribution is 5.25. The van der Waals surface area contributed by atoms with E-state index >= 15 is 0 Å². The normalized spacial score (nSPS) is 14.8. The zero-order valence-corrected chi connectivity index (χ0v) is 9.08. The Bertz CT molecular complexity index is 265. The average Bonchev–Trinajstić information content (AvgIpc) is 2.30. The average molecular weight is 226 g/mol. The monoisotopic (exact) mass is 226 g/mol. The molecule has 90 valence electrons. The van der Waals surface area contributed by atoms with Crippen molar-refractivity contribution in [1.29, 1.82) is 0 Å². The van der Waals surface area contributed by atoms with Crippen LogP contribution in [-0.4, -0.2) is 33.6 Å². The molecule has 1 rings (SSSR count). The van der Waals surface area contributed by atoms with Crippen LogP contribution in [0.1, 0.15) is 36.2 Å². The molecule has 0 amide bonds. The summed E-state index contributed by atoms with van der Waals surface area (Å²) >= 11 is 0. The number of benzene rings is 1. The second kappa shape index (κ2) is 6.60. The minimum Gasteiger partial charge on any atom is -0.396 e. The molecule has 1 aromatic rings. The van der Waals surface area contributed by atoms with Crippen LogP contribution in [0, 0.1) is 0 Å². The van der Waals surface area contributed by atoms with Crippen LogP contribution in [-0.2, 0) is 0 Å². The van der Waals surface area contributed by atoms with Gasteiger partial charge >= 0.3 is 0 Å². The number of aliphatic hydroxyl groups is 4. The maximum atomic E-state index is 9.59. The van der Waals surface area contributed by atoms with Crippen LogP contribution in [0.5, 0.6) is 0 Å². The summed E-state index contributed by atoms with van der Waals surface area (Å²) in [5.74, 6) is 0. The molecule has 0 aliphatic rings. The predicted octanol–water partition coefficient (Wildman–Crippen LogP) is 0.518. The van der Waals surface area contributed by atoms with Gasteiger partial charge in [-0.05, 0) is 11.1 Å². The molecule has 2 unspecified atom stereocenters. The first-order valence-electron chi connectivity index (χ1n) is 5.36. The molecule has 2 atom stereocenters. The van der Waals surface area contributed by atoms with E-state index in [2.05, 4.69) is 0 Å². The maximum absolute atomic E-state index is 9.59. The Kier molecular flexibility index (Phi) is 5.42. The zero-order valence-electron chi connectivity index (χ0n) is 9.08.